The van der Waals surface area contributed by atoms with Gasteiger partial charge in [0.2, 0.25) is 5.91 Å². The first-order chi connectivity index (χ1) is 14.8. The summed E-state index contributed by atoms with van der Waals surface area (Å²) in [5.41, 5.74) is 9.12. The van der Waals surface area contributed by atoms with Crippen LogP contribution in [0.15, 0.2) is 47.9 Å². The van der Waals surface area contributed by atoms with Crippen LogP contribution >= 0.6 is 0 Å². The van der Waals surface area contributed by atoms with Gasteiger partial charge in [-0.2, -0.15) is 0 Å². The molecule has 3 heterocycles. The zero-order chi connectivity index (χ0) is 22.1. The van der Waals surface area contributed by atoms with E-state index in [1.807, 2.05) is 12.1 Å². The zero-order valence-corrected chi connectivity index (χ0v) is 17.2. The Morgan fingerprint density at radius 2 is 1.94 bits per heavy atom. The smallest absolute Gasteiger partial charge is 0.273 e. The van der Waals surface area contributed by atoms with Crippen LogP contribution in [0.5, 0.6) is 0 Å². The SMILES string of the molecule is C/C(N)=C(\C)C(=N)C(=O)Nc1cnc2[nH]c(-c3ccnc(NC(=O)C4CC4)c3)cc2c1. The minimum Gasteiger partial charge on any atom is -0.402 e. The van der Waals surface area contributed by atoms with E-state index < -0.39 is 5.91 Å². The third-order valence-electron chi connectivity index (χ3n) is 5.19. The lowest BCUT2D eigenvalue weighted by Crippen LogP contribution is -2.24. The molecule has 0 spiro atoms. The fourth-order valence-corrected chi connectivity index (χ4v) is 3.04. The predicted octanol–water partition coefficient (Wildman–Crippen LogP) is 3.18. The Kier molecular flexibility index (Phi) is 5.24. The van der Waals surface area contributed by atoms with Gasteiger partial charge < -0.3 is 21.4 Å². The summed E-state index contributed by atoms with van der Waals surface area (Å²) in [4.78, 5) is 36.1. The minimum atomic E-state index is -0.551. The number of amides is 2. The van der Waals surface area contributed by atoms with Crippen molar-refractivity contribution in [3.05, 3.63) is 47.9 Å². The summed E-state index contributed by atoms with van der Waals surface area (Å²) in [7, 11) is 0. The molecule has 1 saturated carbocycles. The van der Waals surface area contributed by atoms with E-state index in [1.165, 1.54) is 6.20 Å². The van der Waals surface area contributed by atoms with Gasteiger partial charge in [0.05, 0.1) is 11.9 Å². The van der Waals surface area contributed by atoms with Crippen LogP contribution in [0, 0.1) is 11.3 Å². The molecule has 0 unspecified atom stereocenters. The van der Waals surface area contributed by atoms with Gasteiger partial charge in [-0.1, -0.05) is 0 Å². The van der Waals surface area contributed by atoms with Crippen LogP contribution < -0.4 is 16.4 Å². The third-order valence-corrected chi connectivity index (χ3v) is 5.19. The van der Waals surface area contributed by atoms with Crippen LogP contribution in [-0.4, -0.2) is 32.5 Å². The number of anilines is 2. The molecule has 6 N–H and O–H groups in total. The maximum atomic E-state index is 12.3. The number of nitrogens with one attached hydrogen (secondary N) is 4. The molecule has 0 aromatic carbocycles. The van der Waals surface area contributed by atoms with Crippen molar-refractivity contribution in [2.75, 3.05) is 10.6 Å². The summed E-state index contributed by atoms with van der Waals surface area (Å²) >= 11 is 0. The third kappa shape index (κ3) is 4.45. The summed E-state index contributed by atoms with van der Waals surface area (Å²) in [6, 6.07) is 7.32. The number of nitrogens with zero attached hydrogens (tertiary/aromatic N) is 2. The summed E-state index contributed by atoms with van der Waals surface area (Å²) in [5, 5.41) is 14.3. The Morgan fingerprint density at radius 3 is 2.65 bits per heavy atom. The molecule has 158 valence electrons. The van der Waals surface area contributed by atoms with Gasteiger partial charge in [-0.15, -0.1) is 0 Å². The minimum absolute atomic E-state index is 0.00354. The Bertz CT molecular complexity index is 1230. The van der Waals surface area contributed by atoms with Gasteiger partial charge in [0.25, 0.3) is 5.91 Å². The Balaban J connectivity index is 1.54. The standard InChI is InChI=1S/C22H23N7O2/c1-11(12(2)23)19(24)22(31)27-16-7-15-8-17(28-20(15)26-10-16)14-5-6-25-18(9-14)29-21(30)13-3-4-13/h5-10,13,24H,3-4,23H2,1-2H3,(H,26,28)(H,27,31)(H,25,29,30)/b12-11-,24-19?. The molecular formula is C22H23N7O2. The molecule has 0 atom stereocenters. The summed E-state index contributed by atoms with van der Waals surface area (Å²) < 4.78 is 0. The summed E-state index contributed by atoms with van der Waals surface area (Å²) in [5.74, 6) is 0.0604. The molecule has 3 aromatic heterocycles. The summed E-state index contributed by atoms with van der Waals surface area (Å²) in [6.07, 6.45) is 5.03. The molecule has 31 heavy (non-hydrogen) atoms. The van der Waals surface area contributed by atoms with Gasteiger partial charge in [0.1, 0.15) is 17.2 Å². The second-order valence-electron chi connectivity index (χ2n) is 7.68. The number of hydrogen-bond donors (Lipinski definition) is 5. The second-order valence-corrected chi connectivity index (χ2v) is 7.68. The molecule has 1 aliphatic rings. The highest BCUT2D eigenvalue weighted by Crippen LogP contribution is 2.31. The number of hydrogen-bond acceptors (Lipinski definition) is 6. The molecule has 1 aliphatic carbocycles. The van der Waals surface area contributed by atoms with Crippen molar-refractivity contribution < 1.29 is 9.59 Å². The Hall–Kier alpha value is -4.01. The van der Waals surface area contributed by atoms with Gasteiger partial charge in [-0.3, -0.25) is 15.0 Å². The molecule has 0 aliphatic heterocycles. The molecule has 3 aromatic rings. The van der Waals surface area contributed by atoms with E-state index in [2.05, 4.69) is 25.6 Å². The topological polar surface area (TPSA) is 150 Å². The molecular weight excluding hydrogens is 394 g/mol. The Morgan fingerprint density at radius 1 is 1.16 bits per heavy atom. The fourth-order valence-electron chi connectivity index (χ4n) is 3.04. The number of aromatic nitrogens is 3. The maximum absolute atomic E-state index is 12.3. The number of pyridine rings is 2. The average molecular weight is 417 g/mol. The lowest BCUT2D eigenvalue weighted by Gasteiger charge is -2.07. The van der Waals surface area contributed by atoms with Gasteiger partial charge in [-0.25, -0.2) is 9.97 Å². The van der Waals surface area contributed by atoms with Crippen molar-refractivity contribution in [1.82, 2.24) is 15.0 Å². The normalized spacial score (nSPS) is 14.1. The summed E-state index contributed by atoms with van der Waals surface area (Å²) in [6.45, 7) is 3.28. The van der Waals surface area contributed by atoms with Crippen molar-refractivity contribution in [3.63, 3.8) is 0 Å². The number of allylic oxidation sites excluding steroid dienone is 1. The van der Waals surface area contributed by atoms with Crippen LogP contribution in [-0.2, 0) is 9.59 Å². The van der Waals surface area contributed by atoms with Crippen molar-refractivity contribution in [2.24, 2.45) is 11.7 Å². The predicted molar refractivity (Wildman–Crippen MR) is 120 cm³/mol. The number of aromatic amines is 1. The van der Waals surface area contributed by atoms with Gasteiger partial charge >= 0.3 is 0 Å². The first-order valence-electron chi connectivity index (χ1n) is 9.91. The molecule has 4 rings (SSSR count). The highest BCUT2D eigenvalue weighted by Gasteiger charge is 2.29. The van der Waals surface area contributed by atoms with E-state index in [-0.39, 0.29) is 17.5 Å². The fraction of sp³-hybridized carbons (Fsp3) is 0.227. The molecule has 0 radical (unpaired) electrons. The van der Waals surface area contributed by atoms with Gasteiger partial charge in [-0.05, 0) is 56.5 Å². The largest absolute Gasteiger partial charge is 0.402 e. The Labute approximate surface area is 178 Å². The van der Waals surface area contributed by atoms with Crippen molar-refractivity contribution >= 4 is 40.1 Å². The molecule has 9 heteroatoms. The highest BCUT2D eigenvalue weighted by atomic mass is 16.2. The monoisotopic (exact) mass is 417 g/mol. The van der Waals surface area contributed by atoms with E-state index >= 15 is 0 Å². The lowest BCUT2D eigenvalue weighted by molar-refractivity contribution is -0.117. The van der Waals surface area contributed by atoms with Crippen molar-refractivity contribution in [1.29, 1.82) is 5.41 Å². The molecule has 1 fully saturated rings. The first-order valence-corrected chi connectivity index (χ1v) is 9.91. The molecule has 2 amide bonds. The molecule has 0 saturated heterocycles. The molecule has 0 bridgehead atoms. The number of rotatable bonds is 6. The van der Waals surface area contributed by atoms with E-state index in [0.29, 0.717) is 28.4 Å². The van der Waals surface area contributed by atoms with Crippen LogP contribution in [0.1, 0.15) is 26.7 Å². The second kappa shape index (κ2) is 8.02. The maximum Gasteiger partial charge on any atom is 0.273 e. The van der Waals surface area contributed by atoms with Crippen LogP contribution in [0.2, 0.25) is 0 Å². The number of fused-ring (bicyclic) bond motifs is 1. The zero-order valence-electron chi connectivity index (χ0n) is 17.2. The van der Waals surface area contributed by atoms with Crippen LogP contribution in [0.25, 0.3) is 22.3 Å². The van der Waals surface area contributed by atoms with E-state index in [1.54, 1.807) is 32.2 Å². The number of carbonyl (C=O) groups is 2. The van der Waals surface area contributed by atoms with Crippen molar-refractivity contribution in [2.45, 2.75) is 26.7 Å². The highest BCUT2D eigenvalue weighted by molar-refractivity contribution is 6.47. The van der Waals surface area contributed by atoms with Crippen LogP contribution in [0.3, 0.4) is 0 Å². The average Bonchev–Trinajstić information content (AvgIpc) is 3.52. The van der Waals surface area contributed by atoms with Crippen LogP contribution in [0.4, 0.5) is 11.5 Å². The number of carbonyl (C=O) groups excluding carboxylic acids is 2. The first kappa shape index (κ1) is 20.3. The quantitative estimate of drug-likeness (QED) is 0.390. The van der Waals surface area contributed by atoms with E-state index in [0.717, 1.165) is 29.5 Å². The number of nitrogens with two attached hydrogens (primary N) is 1. The van der Waals surface area contributed by atoms with E-state index in [4.69, 9.17) is 11.1 Å². The lowest BCUT2D eigenvalue weighted by atomic mass is 10.1. The van der Waals surface area contributed by atoms with Gasteiger partial charge in [0, 0.05) is 34.5 Å². The molecule has 9 nitrogen and oxygen atoms in total. The van der Waals surface area contributed by atoms with E-state index in [9.17, 15) is 9.59 Å². The number of H-pyrrole nitrogens is 1. The van der Waals surface area contributed by atoms with Crippen molar-refractivity contribution in [3.8, 4) is 11.3 Å². The van der Waals surface area contributed by atoms with Gasteiger partial charge in [0.15, 0.2) is 0 Å².